The second-order valence-corrected chi connectivity index (χ2v) is 8.84. The zero-order valence-electron chi connectivity index (χ0n) is 19.0. The molecule has 0 saturated carbocycles. The standard InChI is InChI=1S/C27H26N6O/c1-18-11-21(5-7-26(18)34-23-8-10-33-17-29-15-22(33)13-23)32-27-24-12-19(20-3-2-9-28-14-20)4-6-25(24)30-16-31-27/h4-8,10-13,15-17,20,28H,2-3,9,14H2,1H3,(H,30,31,32). The second-order valence-electron chi connectivity index (χ2n) is 8.84. The summed E-state index contributed by atoms with van der Waals surface area (Å²) >= 11 is 0. The highest BCUT2D eigenvalue weighted by Gasteiger charge is 2.16. The summed E-state index contributed by atoms with van der Waals surface area (Å²) < 4.78 is 8.10. The molecule has 7 nitrogen and oxygen atoms in total. The molecule has 1 aliphatic rings. The molecule has 1 fully saturated rings. The third-order valence-electron chi connectivity index (χ3n) is 6.48. The van der Waals surface area contributed by atoms with E-state index in [9.17, 15) is 0 Å². The van der Waals surface area contributed by atoms with Crippen LogP contribution in [-0.2, 0) is 0 Å². The van der Waals surface area contributed by atoms with Crippen LogP contribution in [0.15, 0.2) is 73.6 Å². The van der Waals surface area contributed by atoms with E-state index in [2.05, 4.69) is 49.9 Å². The van der Waals surface area contributed by atoms with Gasteiger partial charge in [0.2, 0.25) is 0 Å². The summed E-state index contributed by atoms with van der Waals surface area (Å²) in [6.07, 6.45) is 9.57. The van der Waals surface area contributed by atoms with Crippen molar-refractivity contribution in [1.82, 2.24) is 24.7 Å². The Hall–Kier alpha value is -3.97. The number of fused-ring (bicyclic) bond motifs is 2. The number of rotatable bonds is 5. The predicted octanol–water partition coefficient (Wildman–Crippen LogP) is 5.59. The molecule has 0 amide bonds. The number of imidazole rings is 1. The summed E-state index contributed by atoms with van der Waals surface area (Å²) in [7, 11) is 0. The number of piperidine rings is 1. The molecule has 2 N–H and O–H groups in total. The summed E-state index contributed by atoms with van der Waals surface area (Å²) in [5.41, 5.74) is 5.27. The number of ether oxygens (including phenoxy) is 1. The van der Waals surface area contributed by atoms with Crippen LogP contribution in [0.2, 0.25) is 0 Å². The molecule has 1 saturated heterocycles. The van der Waals surface area contributed by atoms with Crippen molar-refractivity contribution in [3.8, 4) is 11.5 Å². The Labute approximate surface area is 197 Å². The Bertz CT molecular complexity index is 1470. The first-order valence-corrected chi connectivity index (χ1v) is 11.7. The van der Waals surface area contributed by atoms with E-state index in [0.717, 1.165) is 58.1 Å². The van der Waals surface area contributed by atoms with Crippen molar-refractivity contribution in [2.24, 2.45) is 0 Å². The zero-order valence-corrected chi connectivity index (χ0v) is 19.0. The van der Waals surface area contributed by atoms with Gasteiger partial charge in [-0.2, -0.15) is 0 Å². The average molecular weight is 451 g/mol. The van der Waals surface area contributed by atoms with Gasteiger partial charge in [0.25, 0.3) is 0 Å². The molecule has 1 aliphatic heterocycles. The smallest absolute Gasteiger partial charge is 0.141 e. The minimum atomic E-state index is 0.534. The number of hydrogen-bond acceptors (Lipinski definition) is 6. The number of anilines is 2. The van der Waals surface area contributed by atoms with Gasteiger partial charge in [-0.15, -0.1) is 0 Å². The first-order valence-electron chi connectivity index (χ1n) is 11.7. The van der Waals surface area contributed by atoms with Crippen LogP contribution in [0.4, 0.5) is 11.5 Å². The number of pyridine rings is 1. The van der Waals surface area contributed by atoms with Gasteiger partial charge >= 0.3 is 0 Å². The highest BCUT2D eigenvalue weighted by atomic mass is 16.5. The third kappa shape index (κ3) is 4.06. The first kappa shape index (κ1) is 20.6. The van der Waals surface area contributed by atoms with Crippen LogP contribution < -0.4 is 15.4 Å². The molecule has 4 heterocycles. The molecular weight excluding hydrogens is 424 g/mol. The van der Waals surface area contributed by atoms with Crippen LogP contribution >= 0.6 is 0 Å². The molecule has 3 aromatic heterocycles. The molecule has 6 rings (SSSR count). The second kappa shape index (κ2) is 8.76. The van der Waals surface area contributed by atoms with E-state index in [1.165, 1.54) is 18.4 Å². The molecule has 170 valence electrons. The Balaban J connectivity index is 1.25. The van der Waals surface area contributed by atoms with Gasteiger partial charge < -0.3 is 19.8 Å². The van der Waals surface area contributed by atoms with Crippen molar-refractivity contribution in [1.29, 1.82) is 0 Å². The summed E-state index contributed by atoms with van der Waals surface area (Å²) in [5.74, 6) is 2.94. The molecule has 0 bridgehead atoms. The lowest BCUT2D eigenvalue weighted by Gasteiger charge is -2.23. The summed E-state index contributed by atoms with van der Waals surface area (Å²) in [6, 6.07) is 16.5. The van der Waals surface area contributed by atoms with Crippen LogP contribution in [0.1, 0.15) is 29.9 Å². The van der Waals surface area contributed by atoms with Crippen LogP contribution in [0.5, 0.6) is 11.5 Å². The number of hydrogen-bond donors (Lipinski definition) is 2. The maximum absolute atomic E-state index is 6.14. The Morgan fingerprint density at radius 3 is 2.94 bits per heavy atom. The van der Waals surface area contributed by atoms with E-state index in [1.807, 2.05) is 48.0 Å². The van der Waals surface area contributed by atoms with E-state index in [1.54, 1.807) is 12.7 Å². The van der Waals surface area contributed by atoms with Gasteiger partial charge in [0, 0.05) is 29.9 Å². The Morgan fingerprint density at radius 2 is 2.06 bits per heavy atom. The van der Waals surface area contributed by atoms with E-state index in [0.29, 0.717) is 5.92 Å². The topological polar surface area (TPSA) is 76.4 Å². The van der Waals surface area contributed by atoms with E-state index < -0.39 is 0 Å². The van der Waals surface area contributed by atoms with Gasteiger partial charge in [-0.1, -0.05) is 6.07 Å². The van der Waals surface area contributed by atoms with Gasteiger partial charge in [-0.05, 0) is 79.8 Å². The summed E-state index contributed by atoms with van der Waals surface area (Å²) in [4.78, 5) is 13.2. The Morgan fingerprint density at radius 1 is 1.09 bits per heavy atom. The Kier molecular flexibility index (Phi) is 5.31. The van der Waals surface area contributed by atoms with E-state index in [4.69, 9.17) is 4.74 Å². The van der Waals surface area contributed by atoms with Crippen molar-refractivity contribution in [3.05, 3.63) is 84.7 Å². The lowest BCUT2D eigenvalue weighted by atomic mass is 9.91. The first-order chi connectivity index (χ1) is 16.7. The molecule has 34 heavy (non-hydrogen) atoms. The zero-order chi connectivity index (χ0) is 22.9. The number of nitrogens with one attached hydrogen (secondary N) is 2. The number of nitrogens with zero attached hydrogens (tertiary/aromatic N) is 4. The average Bonchev–Trinajstić information content (AvgIpc) is 3.34. The molecule has 0 aliphatic carbocycles. The fourth-order valence-corrected chi connectivity index (χ4v) is 4.63. The molecule has 1 atom stereocenters. The highest BCUT2D eigenvalue weighted by Crippen LogP contribution is 2.32. The third-order valence-corrected chi connectivity index (χ3v) is 6.48. The van der Waals surface area contributed by atoms with Crippen LogP contribution in [-0.4, -0.2) is 32.4 Å². The lowest BCUT2D eigenvalue weighted by Crippen LogP contribution is -2.28. The van der Waals surface area contributed by atoms with Crippen molar-refractivity contribution >= 4 is 27.9 Å². The minimum absolute atomic E-state index is 0.534. The largest absolute Gasteiger partial charge is 0.457 e. The number of benzene rings is 2. The fourth-order valence-electron chi connectivity index (χ4n) is 4.63. The van der Waals surface area contributed by atoms with E-state index in [-0.39, 0.29) is 0 Å². The van der Waals surface area contributed by atoms with Gasteiger partial charge in [0.1, 0.15) is 23.6 Å². The number of aromatic nitrogens is 4. The quantitative estimate of drug-likeness (QED) is 0.364. The van der Waals surface area contributed by atoms with Gasteiger partial charge in [-0.3, -0.25) is 0 Å². The molecule has 0 radical (unpaired) electrons. The maximum Gasteiger partial charge on any atom is 0.141 e. The van der Waals surface area contributed by atoms with Crippen molar-refractivity contribution < 1.29 is 4.74 Å². The molecule has 7 heteroatoms. The van der Waals surface area contributed by atoms with E-state index >= 15 is 0 Å². The normalized spacial score (nSPS) is 16.1. The van der Waals surface area contributed by atoms with Crippen LogP contribution in [0.3, 0.4) is 0 Å². The monoisotopic (exact) mass is 450 g/mol. The van der Waals surface area contributed by atoms with Crippen molar-refractivity contribution in [2.45, 2.75) is 25.7 Å². The van der Waals surface area contributed by atoms with Gasteiger partial charge in [0.15, 0.2) is 0 Å². The van der Waals surface area contributed by atoms with Crippen molar-refractivity contribution in [3.63, 3.8) is 0 Å². The molecule has 2 aromatic carbocycles. The maximum atomic E-state index is 6.14. The van der Waals surface area contributed by atoms with Gasteiger partial charge in [-0.25, -0.2) is 15.0 Å². The molecular formula is C27H26N6O. The molecule has 0 spiro atoms. The van der Waals surface area contributed by atoms with Crippen LogP contribution in [0, 0.1) is 6.92 Å². The van der Waals surface area contributed by atoms with Crippen LogP contribution in [0.25, 0.3) is 16.4 Å². The van der Waals surface area contributed by atoms with Gasteiger partial charge in [0.05, 0.1) is 23.6 Å². The molecule has 5 aromatic rings. The lowest BCUT2D eigenvalue weighted by molar-refractivity contribution is 0.462. The summed E-state index contributed by atoms with van der Waals surface area (Å²) in [6.45, 7) is 4.18. The number of aryl methyl sites for hydroxylation is 1. The fraction of sp³-hybridized carbons (Fsp3) is 0.222. The minimum Gasteiger partial charge on any atom is -0.457 e. The SMILES string of the molecule is Cc1cc(Nc2ncnc3ccc(C4CCCNC4)cc23)ccc1Oc1ccn2cncc2c1. The highest BCUT2D eigenvalue weighted by molar-refractivity contribution is 5.91. The molecule has 1 unspecified atom stereocenters. The predicted molar refractivity (Wildman–Crippen MR) is 134 cm³/mol. The van der Waals surface area contributed by atoms with Crippen molar-refractivity contribution in [2.75, 3.05) is 18.4 Å². The summed E-state index contributed by atoms with van der Waals surface area (Å²) in [5, 5.41) is 8.04.